The zero-order valence-electron chi connectivity index (χ0n) is 10.8. The topological polar surface area (TPSA) is 70.4 Å². The summed E-state index contributed by atoms with van der Waals surface area (Å²) in [6.07, 6.45) is 0. The van der Waals surface area contributed by atoms with Crippen LogP contribution in [0.3, 0.4) is 0 Å². The number of carbonyl (C=O) groups excluding carboxylic acids is 1. The third-order valence-corrected chi connectivity index (χ3v) is 2.87. The highest BCUT2D eigenvalue weighted by Crippen LogP contribution is 2.21. The second-order valence-corrected chi connectivity index (χ2v) is 4.16. The molecule has 104 valence electrons. The molecule has 0 saturated heterocycles. The lowest BCUT2D eigenvalue weighted by Gasteiger charge is -2.10. The molecule has 0 spiro atoms. The molecule has 0 atom stereocenters. The fourth-order valence-electron chi connectivity index (χ4n) is 1.65. The highest BCUT2D eigenvalue weighted by Gasteiger charge is 2.17. The van der Waals surface area contributed by atoms with Gasteiger partial charge in [0.2, 0.25) is 0 Å². The molecule has 0 bridgehead atoms. The zero-order valence-corrected chi connectivity index (χ0v) is 11.5. The standard InChI is InChI=1S/C13H11ClN2O4/c1-19-10-6-4-3-5-9(10)16-11(17)7-8(14)12(15-16)13(18)20-2/h3-7H,1-2H3. The Kier molecular flexibility index (Phi) is 4.05. The Bertz CT molecular complexity index is 712. The number of rotatable bonds is 3. The third-order valence-electron chi connectivity index (χ3n) is 2.58. The maximum absolute atomic E-state index is 12.0. The van der Waals surface area contributed by atoms with Crippen molar-refractivity contribution in [3.05, 3.63) is 51.4 Å². The average molecular weight is 295 g/mol. The van der Waals surface area contributed by atoms with Crippen molar-refractivity contribution in [2.45, 2.75) is 0 Å². The van der Waals surface area contributed by atoms with Crippen LogP contribution in [0.25, 0.3) is 5.69 Å². The van der Waals surface area contributed by atoms with Crippen LogP contribution in [0.2, 0.25) is 5.02 Å². The molecule has 1 aromatic carbocycles. The lowest BCUT2D eigenvalue weighted by molar-refractivity contribution is 0.0592. The first kappa shape index (κ1) is 14.1. The van der Waals surface area contributed by atoms with Crippen LogP contribution in [0.4, 0.5) is 0 Å². The van der Waals surface area contributed by atoms with Crippen molar-refractivity contribution in [1.29, 1.82) is 0 Å². The number of aromatic nitrogens is 2. The van der Waals surface area contributed by atoms with Gasteiger partial charge in [0.05, 0.1) is 19.2 Å². The third kappa shape index (κ3) is 2.50. The highest BCUT2D eigenvalue weighted by atomic mass is 35.5. The average Bonchev–Trinajstić information content (AvgIpc) is 2.46. The van der Waals surface area contributed by atoms with Gasteiger partial charge < -0.3 is 9.47 Å². The molecule has 2 rings (SSSR count). The monoisotopic (exact) mass is 294 g/mol. The number of nitrogens with zero attached hydrogens (tertiary/aromatic N) is 2. The molecule has 0 aliphatic rings. The van der Waals surface area contributed by atoms with Gasteiger partial charge in [0.1, 0.15) is 11.4 Å². The molecule has 0 saturated carbocycles. The summed E-state index contributed by atoms with van der Waals surface area (Å²) in [6.45, 7) is 0. The molecular formula is C13H11ClN2O4. The fraction of sp³-hybridized carbons (Fsp3) is 0.154. The van der Waals surface area contributed by atoms with Crippen LogP contribution in [0.15, 0.2) is 35.1 Å². The number of ether oxygens (including phenoxy) is 2. The lowest BCUT2D eigenvalue weighted by Crippen LogP contribution is -2.24. The van der Waals surface area contributed by atoms with E-state index in [0.717, 1.165) is 10.7 Å². The number of hydrogen-bond acceptors (Lipinski definition) is 5. The van der Waals surface area contributed by atoms with Crippen LogP contribution in [-0.4, -0.2) is 30.0 Å². The van der Waals surface area contributed by atoms with Crippen LogP contribution in [0, 0.1) is 0 Å². The molecule has 1 heterocycles. The molecule has 6 nitrogen and oxygen atoms in total. The maximum Gasteiger partial charge on any atom is 0.360 e. The molecule has 7 heteroatoms. The first-order valence-electron chi connectivity index (χ1n) is 5.60. The van der Waals surface area contributed by atoms with Gasteiger partial charge in [0, 0.05) is 6.07 Å². The molecule has 1 aromatic heterocycles. The van der Waals surface area contributed by atoms with Gasteiger partial charge in [-0.15, -0.1) is 0 Å². The largest absolute Gasteiger partial charge is 0.494 e. The highest BCUT2D eigenvalue weighted by molar-refractivity contribution is 6.33. The first-order valence-corrected chi connectivity index (χ1v) is 5.98. The van der Waals surface area contributed by atoms with E-state index in [1.807, 2.05) is 0 Å². The van der Waals surface area contributed by atoms with Gasteiger partial charge >= 0.3 is 5.97 Å². The molecule has 2 aromatic rings. The van der Waals surface area contributed by atoms with E-state index in [4.69, 9.17) is 16.3 Å². The maximum atomic E-state index is 12.0. The number of hydrogen-bond donors (Lipinski definition) is 0. The predicted molar refractivity (Wildman–Crippen MR) is 72.7 cm³/mol. The van der Waals surface area contributed by atoms with Crippen molar-refractivity contribution in [2.24, 2.45) is 0 Å². The van der Waals surface area contributed by atoms with Gasteiger partial charge in [0.15, 0.2) is 5.69 Å². The first-order chi connectivity index (χ1) is 9.58. The number of carbonyl (C=O) groups is 1. The van der Waals surface area contributed by atoms with E-state index in [2.05, 4.69) is 9.84 Å². The molecule has 0 aliphatic carbocycles. The van der Waals surface area contributed by atoms with E-state index >= 15 is 0 Å². The van der Waals surface area contributed by atoms with Crippen LogP contribution in [0.1, 0.15) is 10.5 Å². The van der Waals surface area contributed by atoms with Crippen molar-refractivity contribution in [3.63, 3.8) is 0 Å². The molecule has 0 aliphatic heterocycles. The van der Waals surface area contributed by atoms with Crippen molar-refractivity contribution in [1.82, 2.24) is 9.78 Å². The van der Waals surface area contributed by atoms with Crippen LogP contribution < -0.4 is 10.3 Å². The fourth-order valence-corrected chi connectivity index (χ4v) is 1.86. The lowest BCUT2D eigenvalue weighted by atomic mass is 10.3. The SMILES string of the molecule is COC(=O)c1nn(-c2ccccc2OC)c(=O)cc1Cl. The van der Waals surface area contributed by atoms with E-state index in [1.54, 1.807) is 24.3 Å². The number of benzene rings is 1. The Morgan fingerprint density at radius 3 is 2.65 bits per heavy atom. The van der Waals surface area contributed by atoms with Gasteiger partial charge in [-0.2, -0.15) is 9.78 Å². The van der Waals surface area contributed by atoms with Crippen molar-refractivity contribution in [3.8, 4) is 11.4 Å². The quantitative estimate of drug-likeness (QED) is 0.806. The Balaban J connectivity index is 2.68. The van der Waals surface area contributed by atoms with Crippen molar-refractivity contribution in [2.75, 3.05) is 14.2 Å². The normalized spacial score (nSPS) is 10.2. The molecular weight excluding hydrogens is 284 g/mol. The Morgan fingerprint density at radius 1 is 1.30 bits per heavy atom. The second-order valence-electron chi connectivity index (χ2n) is 3.75. The van der Waals surface area contributed by atoms with E-state index in [1.165, 1.54) is 14.2 Å². The van der Waals surface area contributed by atoms with Gasteiger partial charge in [0.25, 0.3) is 5.56 Å². The summed E-state index contributed by atoms with van der Waals surface area (Å²) in [5, 5.41) is 3.88. The Morgan fingerprint density at radius 2 is 2.00 bits per heavy atom. The van der Waals surface area contributed by atoms with Crippen molar-refractivity contribution >= 4 is 17.6 Å². The number of para-hydroxylation sites is 2. The minimum Gasteiger partial charge on any atom is -0.494 e. The van der Waals surface area contributed by atoms with Crippen molar-refractivity contribution < 1.29 is 14.3 Å². The van der Waals surface area contributed by atoms with Crippen LogP contribution in [0.5, 0.6) is 5.75 Å². The number of methoxy groups -OCH3 is 2. The zero-order chi connectivity index (χ0) is 14.7. The summed E-state index contributed by atoms with van der Waals surface area (Å²) in [4.78, 5) is 23.5. The Labute approximate surface area is 119 Å². The number of esters is 1. The molecule has 0 fully saturated rings. The summed E-state index contributed by atoms with van der Waals surface area (Å²) >= 11 is 5.83. The van der Waals surface area contributed by atoms with E-state index < -0.39 is 11.5 Å². The molecule has 0 N–H and O–H groups in total. The van der Waals surface area contributed by atoms with Crippen LogP contribution in [-0.2, 0) is 4.74 Å². The minimum absolute atomic E-state index is 0.0620. The summed E-state index contributed by atoms with van der Waals surface area (Å²) in [5.41, 5.74) is -0.214. The molecule has 0 unspecified atom stereocenters. The molecule has 20 heavy (non-hydrogen) atoms. The second kappa shape index (κ2) is 5.75. The Hall–Kier alpha value is -2.34. The van der Waals surface area contributed by atoms with E-state index in [9.17, 15) is 9.59 Å². The predicted octanol–water partition coefficient (Wildman–Crippen LogP) is 1.68. The minimum atomic E-state index is -0.723. The van der Waals surface area contributed by atoms with E-state index in [-0.39, 0.29) is 10.7 Å². The summed E-state index contributed by atoms with van der Waals surface area (Å²) in [5.74, 6) is -0.279. The smallest absolute Gasteiger partial charge is 0.360 e. The number of halogens is 1. The molecule has 0 amide bonds. The van der Waals surface area contributed by atoms with E-state index in [0.29, 0.717) is 11.4 Å². The summed E-state index contributed by atoms with van der Waals surface area (Å²) in [6, 6.07) is 7.90. The molecule has 0 radical (unpaired) electrons. The van der Waals surface area contributed by atoms with Gasteiger partial charge in [-0.1, -0.05) is 23.7 Å². The van der Waals surface area contributed by atoms with Gasteiger partial charge in [-0.25, -0.2) is 4.79 Å². The van der Waals surface area contributed by atoms with Gasteiger partial charge in [-0.3, -0.25) is 4.79 Å². The van der Waals surface area contributed by atoms with Gasteiger partial charge in [-0.05, 0) is 12.1 Å². The van der Waals surface area contributed by atoms with Crippen LogP contribution >= 0.6 is 11.6 Å². The summed E-state index contributed by atoms with van der Waals surface area (Å²) < 4.78 is 10.8. The summed E-state index contributed by atoms with van der Waals surface area (Å²) in [7, 11) is 2.68.